The summed E-state index contributed by atoms with van der Waals surface area (Å²) in [7, 11) is -3.11. The van der Waals surface area contributed by atoms with Crippen molar-refractivity contribution >= 4 is 15.5 Å². The lowest BCUT2D eigenvalue weighted by molar-refractivity contribution is 0.371. The third-order valence-corrected chi connectivity index (χ3v) is 4.87. The van der Waals surface area contributed by atoms with Crippen LogP contribution in [0.25, 0.3) is 0 Å². The van der Waals surface area contributed by atoms with Crippen molar-refractivity contribution in [2.75, 3.05) is 18.1 Å². The Kier molecular flexibility index (Phi) is 5.05. The topological polar surface area (TPSA) is 58.2 Å². The van der Waals surface area contributed by atoms with Crippen molar-refractivity contribution < 1.29 is 8.42 Å². The average Bonchev–Trinajstić information content (AvgIpc) is 2.39. The Morgan fingerprint density at radius 1 is 1.30 bits per heavy atom. The van der Waals surface area contributed by atoms with Gasteiger partial charge in [0.05, 0.1) is 4.90 Å². The maximum absolute atomic E-state index is 11.4. The smallest absolute Gasteiger partial charge is 0.175 e. The normalized spacial score (nSPS) is 21.4. The molecule has 112 valence electrons. The molecule has 5 heteroatoms. The third-order valence-electron chi connectivity index (χ3n) is 3.75. The van der Waals surface area contributed by atoms with Crippen LogP contribution < -0.4 is 10.6 Å². The van der Waals surface area contributed by atoms with Crippen LogP contribution in [-0.4, -0.2) is 33.3 Å². The standard InChI is InChI=1S/C15H24N2O2S/c1-12(11-14-5-3-4-10-16-14)17-13-6-8-15(9-7-13)20(2,18)19/h6-9,12,14,16-17H,3-5,10-11H2,1-2H3. The summed E-state index contributed by atoms with van der Waals surface area (Å²) in [5, 5.41) is 6.98. The zero-order valence-electron chi connectivity index (χ0n) is 12.2. The number of hydrogen-bond acceptors (Lipinski definition) is 4. The van der Waals surface area contributed by atoms with Gasteiger partial charge >= 0.3 is 0 Å². The maximum atomic E-state index is 11.4. The molecule has 0 aliphatic carbocycles. The van der Waals surface area contributed by atoms with Gasteiger partial charge in [0, 0.05) is 24.0 Å². The summed E-state index contributed by atoms with van der Waals surface area (Å²) in [5.74, 6) is 0. The fourth-order valence-corrected chi connectivity index (χ4v) is 3.32. The number of piperidine rings is 1. The van der Waals surface area contributed by atoms with Gasteiger partial charge in [-0.2, -0.15) is 0 Å². The van der Waals surface area contributed by atoms with Crippen LogP contribution in [0.15, 0.2) is 29.2 Å². The van der Waals surface area contributed by atoms with Gasteiger partial charge in [-0.25, -0.2) is 8.42 Å². The number of anilines is 1. The molecule has 2 rings (SSSR count). The summed E-state index contributed by atoms with van der Waals surface area (Å²) in [6.07, 6.45) is 6.17. The van der Waals surface area contributed by atoms with Crippen molar-refractivity contribution in [3.8, 4) is 0 Å². The Labute approximate surface area is 121 Å². The molecule has 2 unspecified atom stereocenters. The zero-order valence-corrected chi connectivity index (χ0v) is 13.0. The zero-order chi connectivity index (χ0) is 14.6. The molecule has 1 heterocycles. The first-order valence-corrected chi connectivity index (χ1v) is 9.14. The minimum absolute atomic E-state index is 0.365. The summed E-state index contributed by atoms with van der Waals surface area (Å²) in [4.78, 5) is 0.365. The van der Waals surface area contributed by atoms with E-state index in [1.54, 1.807) is 12.1 Å². The molecule has 2 N–H and O–H groups in total. The molecule has 1 fully saturated rings. The molecule has 0 radical (unpaired) electrons. The van der Waals surface area contributed by atoms with E-state index in [9.17, 15) is 8.42 Å². The van der Waals surface area contributed by atoms with Gasteiger partial charge in [0.2, 0.25) is 0 Å². The molecule has 1 aromatic carbocycles. The second-order valence-corrected chi connectivity index (χ2v) is 7.74. The van der Waals surface area contributed by atoms with Crippen LogP contribution in [0, 0.1) is 0 Å². The van der Waals surface area contributed by atoms with Crippen LogP contribution in [0.4, 0.5) is 5.69 Å². The summed E-state index contributed by atoms with van der Waals surface area (Å²) in [5.41, 5.74) is 0.973. The van der Waals surface area contributed by atoms with Crippen molar-refractivity contribution in [3.05, 3.63) is 24.3 Å². The highest BCUT2D eigenvalue weighted by molar-refractivity contribution is 7.90. The molecule has 20 heavy (non-hydrogen) atoms. The second kappa shape index (κ2) is 6.59. The second-order valence-electron chi connectivity index (χ2n) is 5.72. The number of hydrogen-bond donors (Lipinski definition) is 2. The van der Waals surface area contributed by atoms with Gasteiger partial charge in [0.15, 0.2) is 9.84 Å². The van der Waals surface area contributed by atoms with E-state index in [0.29, 0.717) is 17.0 Å². The Balaban J connectivity index is 1.89. The lowest BCUT2D eigenvalue weighted by atomic mass is 9.99. The molecule has 1 saturated heterocycles. The first-order chi connectivity index (χ1) is 9.45. The summed E-state index contributed by atoms with van der Waals surface area (Å²) >= 11 is 0. The van der Waals surface area contributed by atoms with E-state index in [1.165, 1.54) is 25.5 Å². The SMILES string of the molecule is CC(CC1CCCCN1)Nc1ccc(S(C)(=O)=O)cc1. The number of sulfone groups is 1. The highest BCUT2D eigenvalue weighted by Crippen LogP contribution is 2.17. The lowest BCUT2D eigenvalue weighted by Crippen LogP contribution is -2.37. The van der Waals surface area contributed by atoms with Gasteiger partial charge in [0.1, 0.15) is 0 Å². The van der Waals surface area contributed by atoms with E-state index >= 15 is 0 Å². The molecule has 0 aromatic heterocycles. The third kappa shape index (κ3) is 4.49. The van der Waals surface area contributed by atoms with Crippen molar-refractivity contribution in [3.63, 3.8) is 0 Å². The van der Waals surface area contributed by atoms with Crippen LogP contribution in [0.1, 0.15) is 32.6 Å². The first-order valence-electron chi connectivity index (χ1n) is 7.25. The van der Waals surface area contributed by atoms with Gasteiger partial charge < -0.3 is 10.6 Å². The Morgan fingerprint density at radius 2 is 2.00 bits per heavy atom. The van der Waals surface area contributed by atoms with Gasteiger partial charge in [0.25, 0.3) is 0 Å². The van der Waals surface area contributed by atoms with E-state index in [2.05, 4.69) is 17.6 Å². The summed E-state index contributed by atoms with van der Waals surface area (Å²) in [6.45, 7) is 3.29. The molecule has 4 nitrogen and oxygen atoms in total. The number of benzene rings is 1. The summed E-state index contributed by atoms with van der Waals surface area (Å²) in [6, 6.07) is 7.95. The lowest BCUT2D eigenvalue weighted by Gasteiger charge is -2.27. The van der Waals surface area contributed by atoms with Crippen LogP contribution in [0.2, 0.25) is 0 Å². The Bertz CT molecular complexity index is 519. The van der Waals surface area contributed by atoms with Crippen LogP contribution >= 0.6 is 0 Å². The molecule has 0 amide bonds. The summed E-state index contributed by atoms with van der Waals surface area (Å²) < 4.78 is 22.8. The quantitative estimate of drug-likeness (QED) is 0.876. The molecule has 0 spiro atoms. The van der Waals surface area contributed by atoms with Crippen LogP contribution in [0.5, 0.6) is 0 Å². The van der Waals surface area contributed by atoms with Crippen LogP contribution in [0.3, 0.4) is 0 Å². The van der Waals surface area contributed by atoms with E-state index < -0.39 is 9.84 Å². The van der Waals surface area contributed by atoms with Crippen molar-refractivity contribution in [2.24, 2.45) is 0 Å². The fraction of sp³-hybridized carbons (Fsp3) is 0.600. The largest absolute Gasteiger partial charge is 0.383 e. The van der Waals surface area contributed by atoms with E-state index in [0.717, 1.165) is 18.7 Å². The minimum atomic E-state index is -3.11. The van der Waals surface area contributed by atoms with Gasteiger partial charge in [-0.15, -0.1) is 0 Å². The van der Waals surface area contributed by atoms with Gasteiger partial charge in [-0.1, -0.05) is 6.42 Å². The highest BCUT2D eigenvalue weighted by atomic mass is 32.2. The molecule has 0 saturated carbocycles. The van der Waals surface area contributed by atoms with Gasteiger partial charge in [-0.05, 0) is 57.0 Å². The molecular weight excluding hydrogens is 272 g/mol. The van der Waals surface area contributed by atoms with Crippen molar-refractivity contribution in [1.29, 1.82) is 0 Å². The average molecular weight is 296 g/mol. The van der Waals surface area contributed by atoms with E-state index in [4.69, 9.17) is 0 Å². The molecular formula is C15H24N2O2S. The predicted molar refractivity (Wildman–Crippen MR) is 82.9 cm³/mol. The van der Waals surface area contributed by atoms with Crippen molar-refractivity contribution in [1.82, 2.24) is 5.32 Å². The van der Waals surface area contributed by atoms with Crippen molar-refractivity contribution in [2.45, 2.75) is 49.6 Å². The molecule has 1 aliphatic heterocycles. The molecule has 2 atom stereocenters. The maximum Gasteiger partial charge on any atom is 0.175 e. The molecule has 1 aliphatic rings. The Hall–Kier alpha value is -1.07. The minimum Gasteiger partial charge on any atom is -0.383 e. The van der Waals surface area contributed by atoms with E-state index in [1.807, 2.05) is 12.1 Å². The number of rotatable bonds is 5. The predicted octanol–water partition coefficient (Wildman–Crippen LogP) is 2.42. The molecule has 0 bridgehead atoms. The number of nitrogens with one attached hydrogen (secondary N) is 2. The van der Waals surface area contributed by atoms with E-state index in [-0.39, 0.29) is 0 Å². The molecule has 1 aromatic rings. The highest BCUT2D eigenvalue weighted by Gasteiger charge is 2.15. The van der Waals surface area contributed by atoms with Crippen LogP contribution in [-0.2, 0) is 9.84 Å². The van der Waals surface area contributed by atoms with Gasteiger partial charge in [-0.3, -0.25) is 0 Å². The first kappa shape index (κ1) is 15.3. The Morgan fingerprint density at radius 3 is 2.55 bits per heavy atom. The monoisotopic (exact) mass is 296 g/mol. The fourth-order valence-electron chi connectivity index (χ4n) is 2.69.